The van der Waals surface area contributed by atoms with Crippen molar-refractivity contribution in [1.29, 1.82) is 0 Å². The van der Waals surface area contributed by atoms with Gasteiger partial charge in [-0.3, -0.25) is 9.48 Å². The van der Waals surface area contributed by atoms with Gasteiger partial charge in [0.15, 0.2) is 0 Å². The van der Waals surface area contributed by atoms with Crippen molar-refractivity contribution < 1.29 is 27.5 Å². The summed E-state index contributed by atoms with van der Waals surface area (Å²) < 4.78 is 60.1. The highest BCUT2D eigenvalue weighted by Crippen LogP contribution is 2.40. The maximum atomic E-state index is 15.0. The molecule has 1 fully saturated rings. The number of aromatic nitrogens is 4. The zero-order valence-corrected chi connectivity index (χ0v) is 22.4. The van der Waals surface area contributed by atoms with E-state index in [1.54, 1.807) is 17.9 Å². The number of hydrogen-bond donors (Lipinski definition) is 3. The van der Waals surface area contributed by atoms with E-state index in [0.29, 0.717) is 24.0 Å². The van der Waals surface area contributed by atoms with Crippen molar-refractivity contribution in [2.75, 3.05) is 18.4 Å². The molecule has 4 N–H and O–H groups in total. The Labute approximate surface area is 224 Å². The molecule has 0 saturated carbocycles. The Morgan fingerprint density at radius 1 is 1.34 bits per heavy atom. The number of nitrogens with two attached hydrogens (primary N) is 1. The molecule has 9 nitrogen and oxygen atoms in total. The van der Waals surface area contributed by atoms with E-state index in [9.17, 15) is 23.1 Å². The van der Waals surface area contributed by atoms with Crippen LogP contribution in [0.5, 0.6) is 0 Å². The standard InChI is InChI=1S/C23H27F4N7O2S2/c1-22(2,36)7-18-13(20(28)35)6-17(37-18)19-14(23(25,26)27)9-29-21(32-19)31-16-4-5-34(11-15(16)24)38-12-8-30-33(3)10-12/h6,8-10,15-16,36H,4-5,7,11H2,1-3H3,(H2,28,35)(H,29,31,32). The van der Waals surface area contributed by atoms with E-state index >= 15 is 4.39 Å². The van der Waals surface area contributed by atoms with Gasteiger partial charge in [0.1, 0.15) is 11.7 Å². The number of carbonyl (C=O) groups is 1. The average molecular weight is 574 g/mol. The minimum absolute atomic E-state index is 0.00659. The number of halogens is 4. The van der Waals surface area contributed by atoms with E-state index in [-0.39, 0.29) is 29.4 Å². The maximum absolute atomic E-state index is 15.0. The SMILES string of the molecule is Cn1cc(SN2CCC(Nc3ncc(C(F)(F)F)c(-c4cc(C(N)=O)c(CC(C)(C)O)s4)n3)C(F)C2)cn1. The van der Waals surface area contributed by atoms with Crippen LogP contribution < -0.4 is 11.1 Å². The molecule has 3 aromatic rings. The monoisotopic (exact) mass is 573 g/mol. The number of aryl methyl sites for hydroxylation is 1. The summed E-state index contributed by atoms with van der Waals surface area (Å²) in [7, 11) is 1.79. The molecule has 3 aromatic heterocycles. The number of nitrogens with zero attached hydrogens (tertiary/aromatic N) is 5. The number of hydrogen-bond acceptors (Lipinski definition) is 9. The van der Waals surface area contributed by atoms with Crippen LogP contribution in [0.1, 0.15) is 41.1 Å². The van der Waals surface area contributed by atoms with E-state index in [1.165, 1.54) is 31.9 Å². The lowest BCUT2D eigenvalue weighted by Crippen LogP contribution is -2.45. The Morgan fingerprint density at radius 3 is 2.66 bits per heavy atom. The first-order chi connectivity index (χ1) is 17.7. The van der Waals surface area contributed by atoms with Gasteiger partial charge in [0, 0.05) is 43.8 Å². The van der Waals surface area contributed by atoms with Crippen molar-refractivity contribution in [3.8, 4) is 10.6 Å². The molecule has 0 aliphatic carbocycles. The topological polar surface area (TPSA) is 122 Å². The van der Waals surface area contributed by atoms with Gasteiger partial charge in [0.2, 0.25) is 11.9 Å². The highest BCUT2D eigenvalue weighted by molar-refractivity contribution is 7.97. The number of nitrogens with one attached hydrogen (secondary N) is 1. The molecule has 4 heterocycles. The van der Waals surface area contributed by atoms with Crippen molar-refractivity contribution in [3.05, 3.63) is 40.7 Å². The van der Waals surface area contributed by atoms with Gasteiger partial charge >= 0.3 is 6.18 Å². The fraction of sp³-hybridized carbons (Fsp3) is 0.478. The van der Waals surface area contributed by atoms with Crippen molar-refractivity contribution >= 4 is 35.1 Å². The molecule has 206 valence electrons. The summed E-state index contributed by atoms with van der Waals surface area (Å²) in [5, 5.41) is 17.1. The Hall–Kier alpha value is -2.75. The molecular formula is C23H27F4N7O2S2. The molecule has 1 aliphatic rings. The number of thiophene rings is 1. The third kappa shape index (κ3) is 6.81. The van der Waals surface area contributed by atoms with Crippen LogP contribution in [-0.2, 0) is 19.6 Å². The predicted octanol–water partition coefficient (Wildman–Crippen LogP) is 3.90. The smallest absolute Gasteiger partial charge is 0.390 e. The predicted molar refractivity (Wildman–Crippen MR) is 136 cm³/mol. The Morgan fingerprint density at radius 2 is 2.08 bits per heavy atom. The molecule has 0 aromatic carbocycles. The number of amides is 1. The van der Waals surface area contributed by atoms with Gasteiger partial charge in [0.05, 0.1) is 38.9 Å². The first-order valence-electron chi connectivity index (χ1n) is 11.6. The summed E-state index contributed by atoms with van der Waals surface area (Å²) in [4.78, 5) is 21.1. The lowest BCUT2D eigenvalue weighted by Gasteiger charge is -2.33. The van der Waals surface area contributed by atoms with Crippen LogP contribution in [0.15, 0.2) is 29.6 Å². The van der Waals surface area contributed by atoms with Crippen molar-refractivity contribution in [2.45, 2.75) is 55.6 Å². The molecule has 0 radical (unpaired) electrons. The Balaban J connectivity index is 1.58. The lowest BCUT2D eigenvalue weighted by atomic mass is 10.0. The Kier molecular flexibility index (Phi) is 8.02. The van der Waals surface area contributed by atoms with E-state index in [0.717, 1.165) is 16.2 Å². The molecule has 1 aliphatic heterocycles. The van der Waals surface area contributed by atoms with Gasteiger partial charge in [0.25, 0.3) is 0 Å². The summed E-state index contributed by atoms with van der Waals surface area (Å²) in [5.74, 6) is -0.990. The molecule has 4 rings (SSSR count). The lowest BCUT2D eigenvalue weighted by molar-refractivity contribution is -0.137. The van der Waals surface area contributed by atoms with Gasteiger partial charge in [-0.2, -0.15) is 18.3 Å². The molecular weight excluding hydrogens is 546 g/mol. The van der Waals surface area contributed by atoms with Crippen LogP contribution in [0.25, 0.3) is 10.6 Å². The number of rotatable bonds is 8. The average Bonchev–Trinajstić information content (AvgIpc) is 3.39. The quantitative estimate of drug-likeness (QED) is 0.274. The van der Waals surface area contributed by atoms with E-state index in [1.807, 2.05) is 10.5 Å². The van der Waals surface area contributed by atoms with Crippen LogP contribution in [0.4, 0.5) is 23.5 Å². The Bertz CT molecular complexity index is 1310. The highest BCUT2D eigenvalue weighted by Gasteiger charge is 2.37. The number of piperidine rings is 1. The first-order valence-corrected chi connectivity index (χ1v) is 13.2. The molecule has 38 heavy (non-hydrogen) atoms. The van der Waals surface area contributed by atoms with Crippen LogP contribution in [0, 0.1) is 0 Å². The number of alkyl halides is 4. The van der Waals surface area contributed by atoms with Gasteiger partial charge in [-0.1, -0.05) is 0 Å². The zero-order valence-electron chi connectivity index (χ0n) is 20.8. The fourth-order valence-electron chi connectivity index (χ4n) is 4.01. The number of aliphatic hydroxyl groups is 1. The van der Waals surface area contributed by atoms with E-state index in [4.69, 9.17) is 5.73 Å². The third-order valence-corrected chi connectivity index (χ3v) is 7.88. The normalized spacial score (nSPS) is 19.1. The molecule has 1 amide bonds. The van der Waals surface area contributed by atoms with Crippen molar-refractivity contribution in [2.24, 2.45) is 12.8 Å². The van der Waals surface area contributed by atoms with E-state index < -0.39 is 41.2 Å². The molecule has 0 bridgehead atoms. The molecule has 0 spiro atoms. The van der Waals surface area contributed by atoms with Crippen LogP contribution in [-0.4, -0.2) is 66.0 Å². The fourth-order valence-corrected chi connectivity index (χ4v) is 6.40. The molecule has 15 heteroatoms. The van der Waals surface area contributed by atoms with Crippen LogP contribution >= 0.6 is 23.3 Å². The second-order valence-electron chi connectivity index (χ2n) is 9.64. The number of carbonyl (C=O) groups excluding carboxylic acids is 1. The second-order valence-corrected chi connectivity index (χ2v) is 11.9. The van der Waals surface area contributed by atoms with Crippen LogP contribution in [0.2, 0.25) is 0 Å². The summed E-state index contributed by atoms with van der Waals surface area (Å²) in [6, 6.07) is 0.530. The largest absolute Gasteiger partial charge is 0.420 e. The van der Waals surface area contributed by atoms with Crippen molar-refractivity contribution in [1.82, 2.24) is 24.1 Å². The summed E-state index contributed by atoms with van der Waals surface area (Å²) in [6.45, 7) is 3.65. The molecule has 1 saturated heterocycles. The minimum atomic E-state index is -4.78. The van der Waals surface area contributed by atoms with Crippen molar-refractivity contribution in [3.63, 3.8) is 0 Å². The zero-order chi connectivity index (χ0) is 27.8. The third-order valence-electron chi connectivity index (χ3n) is 5.73. The van der Waals surface area contributed by atoms with E-state index in [2.05, 4.69) is 20.4 Å². The molecule has 2 unspecified atom stereocenters. The molecule has 2 atom stereocenters. The van der Waals surface area contributed by atoms with Gasteiger partial charge in [-0.05, 0) is 38.3 Å². The second kappa shape index (κ2) is 10.8. The highest BCUT2D eigenvalue weighted by atomic mass is 32.2. The summed E-state index contributed by atoms with van der Waals surface area (Å²) in [5.41, 5.74) is 2.67. The van der Waals surface area contributed by atoms with Gasteiger partial charge in [-0.25, -0.2) is 18.7 Å². The number of anilines is 1. The summed E-state index contributed by atoms with van der Waals surface area (Å²) in [6.07, 6.45) is -1.59. The van der Waals surface area contributed by atoms with Gasteiger partial charge < -0.3 is 16.2 Å². The number of primary amides is 1. The first kappa shape index (κ1) is 28.3. The maximum Gasteiger partial charge on any atom is 0.420 e. The summed E-state index contributed by atoms with van der Waals surface area (Å²) >= 11 is 2.27. The minimum Gasteiger partial charge on any atom is -0.390 e. The van der Waals surface area contributed by atoms with Gasteiger partial charge in [-0.15, -0.1) is 11.3 Å². The van der Waals surface area contributed by atoms with Crippen LogP contribution in [0.3, 0.4) is 0 Å².